The van der Waals surface area contributed by atoms with Crippen molar-refractivity contribution in [3.63, 3.8) is 0 Å². The summed E-state index contributed by atoms with van der Waals surface area (Å²) in [6.07, 6.45) is 0. The third-order valence-corrected chi connectivity index (χ3v) is 5.12. The molecule has 0 aliphatic heterocycles. The van der Waals surface area contributed by atoms with Gasteiger partial charge in [-0.25, -0.2) is 0 Å². The van der Waals surface area contributed by atoms with Gasteiger partial charge in [0.1, 0.15) is 0 Å². The maximum Gasteiger partial charge on any atom is 0.291 e. The highest BCUT2D eigenvalue weighted by atomic mass is 32.2. The second-order valence-electron chi connectivity index (χ2n) is 4.22. The molecular formula is C10H11N5O4S2. The van der Waals surface area contributed by atoms with Crippen molar-refractivity contribution in [3.8, 4) is 0 Å². The van der Waals surface area contributed by atoms with Crippen LogP contribution in [0, 0.1) is 24.0 Å². The molecule has 0 spiro atoms. The number of aromatic nitrogens is 2. The molecule has 0 aliphatic carbocycles. The van der Waals surface area contributed by atoms with E-state index in [1.54, 1.807) is 6.92 Å². The molecule has 1 heterocycles. The molecule has 11 heteroatoms. The van der Waals surface area contributed by atoms with Gasteiger partial charge >= 0.3 is 0 Å². The molecule has 0 saturated carbocycles. The lowest BCUT2D eigenvalue weighted by Gasteiger charge is -2.09. The minimum atomic E-state index is -3.92. The molecule has 0 saturated heterocycles. The first kappa shape index (κ1) is 15.1. The molecule has 0 bridgehead atoms. The molecule has 112 valence electrons. The van der Waals surface area contributed by atoms with Crippen LogP contribution in [0.4, 0.5) is 16.5 Å². The van der Waals surface area contributed by atoms with Crippen molar-refractivity contribution in [2.75, 3.05) is 10.5 Å². The summed E-state index contributed by atoms with van der Waals surface area (Å²) in [5, 5.41) is 17.8. The van der Waals surface area contributed by atoms with Gasteiger partial charge in [-0.1, -0.05) is 11.3 Å². The highest BCUT2D eigenvalue weighted by Gasteiger charge is 2.22. The Balaban J connectivity index is 2.40. The second-order valence-corrected chi connectivity index (χ2v) is 7.09. The highest BCUT2D eigenvalue weighted by molar-refractivity contribution is 7.94. The Kier molecular flexibility index (Phi) is 3.78. The molecule has 0 fully saturated rings. The fourth-order valence-electron chi connectivity index (χ4n) is 1.62. The number of aryl methyl sites for hydroxylation is 2. The largest absolute Gasteiger partial charge is 0.374 e. The van der Waals surface area contributed by atoms with Gasteiger partial charge in [0.2, 0.25) is 5.13 Å². The van der Waals surface area contributed by atoms with E-state index in [0.29, 0.717) is 11.1 Å². The normalized spacial score (nSPS) is 11.3. The molecule has 2 aromatic rings. The smallest absolute Gasteiger partial charge is 0.291 e. The summed E-state index contributed by atoms with van der Waals surface area (Å²) in [5.74, 6) is 0. The van der Waals surface area contributed by atoms with Crippen LogP contribution in [0.5, 0.6) is 0 Å². The van der Waals surface area contributed by atoms with Crippen LogP contribution in [-0.2, 0) is 10.0 Å². The number of nitro benzene ring substituents is 1. The molecule has 9 nitrogen and oxygen atoms in total. The van der Waals surface area contributed by atoms with Crippen molar-refractivity contribution in [1.29, 1.82) is 0 Å². The third kappa shape index (κ3) is 3.08. The molecule has 0 unspecified atom stereocenters. The topological polar surface area (TPSA) is 141 Å². The zero-order valence-electron chi connectivity index (χ0n) is 11.0. The molecule has 1 aromatic heterocycles. The van der Waals surface area contributed by atoms with Crippen LogP contribution < -0.4 is 10.5 Å². The highest BCUT2D eigenvalue weighted by Crippen LogP contribution is 2.28. The Morgan fingerprint density at radius 2 is 1.95 bits per heavy atom. The Labute approximate surface area is 124 Å². The zero-order chi connectivity index (χ0) is 15.8. The maximum atomic E-state index is 12.1. The molecule has 21 heavy (non-hydrogen) atoms. The van der Waals surface area contributed by atoms with Gasteiger partial charge in [-0.05, 0) is 25.5 Å². The van der Waals surface area contributed by atoms with Crippen LogP contribution in [0.1, 0.15) is 11.1 Å². The van der Waals surface area contributed by atoms with E-state index in [1.165, 1.54) is 19.1 Å². The van der Waals surface area contributed by atoms with E-state index >= 15 is 0 Å². The first-order valence-corrected chi connectivity index (χ1v) is 7.88. The van der Waals surface area contributed by atoms with Gasteiger partial charge in [0.05, 0.1) is 10.6 Å². The van der Waals surface area contributed by atoms with Gasteiger partial charge < -0.3 is 5.73 Å². The van der Waals surface area contributed by atoms with Crippen molar-refractivity contribution in [3.05, 3.63) is 33.4 Å². The van der Waals surface area contributed by atoms with Gasteiger partial charge in [-0.2, -0.15) is 8.42 Å². The SMILES string of the molecule is Cc1cc([N+](=O)[O-])c(C)cc1NS(=O)(=O)c1nnc(N)s1. The summed E-state index contributed by atoms with van der Waals surface area (Å²) in [6.45, 7) is 3.09. The second kappa shape index (κ2) is 5.26. The molecule has 2 rings (SSSR count). The number of nitrogens with zero attached hydrogens (tertiary/aromatic N) is 3. The Morgan fingerprint density at radius 3 is 2.48 bits per heavy atom. The van der Waals surface area contributed by atoms with Gasteiger partial charge in [0, 0.05) is 11.6 Å². The van der Waals surface area contributed by atoms with Gasteiger partial charge in [0.15, 0.2) is 0 Å². The van der Waals surface area contributed by atoms with E-state index in [0.717, 1.165) is 11.3 Å². The minimum absolute atomic E-state index is 0.0342. The van der Waals surface area contributed by atoms with Crippen LogP contribution in [0.3, 0.4) is 0 Å². The van der Waals surface area contributed by atoms with E-state index in [-0.39, 0.29) is 20.8 Å². The van der Waals surface area contributed by atoms with E-state index in [4.69, 9.17) is 5.73 Å². The first-order valence-electron chi connectivity index (χ1n) is 5.58. The van der Waals surface area contributed by atoms with Gasteiger partial charge in [-0.3, -0.25) is 14.8 Å². The molecule has 0 atom stereocenters. The predicted molar refractivity (Wildman–Crippen MR) is 77.7 cm³/mol. The standard InChI is InChI=1S/C10H11N5O4S2/c1-5-4-8(15(16)17)6(2)3-7(5)14-21(18,19)10-13-12-9(11)20-10/h3-4,14H,1-2H3,(H2,11,12). The molecule has 3 N–H and O–H groups in total. The molecule has 0 aliphatic rings. The number of hydrogen-bond acceptors (Lipinski definition) is 8. The van der Waals surface area contributed by atoms with E-state index < -0.39 is 14.9 Å². The first-order chi connectivity index (χ1) is 9.70. The predicted octanol–water partition coefficient (Wildman–Crippen LogP) is 1.45. The lowest BCUT2D eigenvalue weighted by molar-refractivity contribution is -0.385. The van der Waals surface area contributed by atoms with Crippen LogP contribution in [0.25, 0.3) is 0 Å². The fraction of sp³-hybridized carbons (Fsp3) is 0.200. The van der Waals surface area contributed by atoms with Crippen LogP contribution in [-0.4, -0.2) is 23.5 Å². The summed E-state index contributed by atoms with van der Waals surface area (Å²) in [6, 6.07) is 2.71. The number of benzene rings is 1. The summed E-state index contributed by atoms with van der Waals surface area (Å²) in [5.41, 5.74) is 6.29. The molecule has 0 radical (unpaired) electrons. The van der Waals surface area contributed by atoms with Crippen molar-refractivity contribution in [2.24, 2.45) is 0 Å². The zero-order valence-corrected chi connectivity index (χ0v) is 12.7. The van der Waals surface area contributed by atoms with Crippen molar-refractivity contribution in [2.45, 2.75) is 18.2 Å². The Morgan fingerprint density at radius 1 is 1.29 bits per heavy atom. The number of nitro groups is 1. The molecular weight excluding hydrogens is 318 g/mol. The Bertz CT molecular complexity index is 815. The monoisotopic (exact) mass is 329 g/mol. The number of nitrogen functional groups attached to an aromatic ring is 1. The molecule has 1 aromatic carbocycles. The number of nitrogens with two attached hydrogens (primary N) is 1. The van der Waals surface area contributed by atoms with E-state index in [9.17, 15) is 18.5 Å². The van der Waals surface area contributed by atoms with Crippen LogP contribution in [0.15, 0.2) is 16.5 Å². The summed E-state index contributed by atoms with van der Waals surface area (Å²) < 4.78 is 26.3. The molecule has 0 amide bonds. The van der Waals surface area contributed by atoms with Gasteiger partial charge in [-0.15, -0.1) is 10.2 Å². The average Bonchev–Trinajstić information content (AvgIpc) is 2.80. The number of rotatable bonds is 4. The van der Waals surface area contributed by atoms with Gasteiger partial charge in [0.25, 0.3) is 20.1 Å². The minimum Gasteiger partial charge on any atom is -0.374 e. The number of nitrogens with one attached hydrogen (secondary N) is 1. The quantitative estimate of drug-likeness (QED) is 0.638. The number of anilines is 2. The van der Waals surface area contributed by atoms with Crippen LogP contribution in [0.2, 0.25) is 0 Å². The van der Waals surface area contributed by atoms with E-state index in [2.05, 4.69) is 14.9 Å². The fourth-order valence-corrected chi connectivity index (χ4v) is 3.53. The number of hydrogen-bond donors (Lipinski definition) is 2. The average molecular weight is 329 g/mol. The number of sulfonamides is 1. The maximum absolute atomic E-state index is 12.1. The Hall–Kier alpha value is -2.27. The van der Waals surface area contributed by atoms with Crippen molar-refractivity contribution >= 4 is 37.9 Å². The summed E-state index contributed by atoms with van der Waals surface area (Å²) >= 11 is 0.729. The van der Waals surface area contributed by atoms with Crippen LogP contribution >= 0.6 is 11.3 Å². The summed E-state index contributed by atoms with van der Waals surface area (Å²) in [7, 11) is -3.92. The van der Waals surface area contributed by atoms with Crippen molar-refractivity contribution < 1.29 is 13.3 Å². The van der Waals surface area contributed by atoms with Crippen molar-refractivity contribution in [1.82, 2.24) is 10.2 Å². The lowest BCUT2D eigenvalue weighted by Crippen LogP contribution is -2.14. The summed E-state index contributed by atoms with van der Waals surface area (Å²) in [4.78, 5) is 10.3. The van der Waals surface area contributed by atoms with E-state index in [1.807, 2.05) is 0 Å². The third-order valence-electron chi connectivity index (χ3n) is 2.64. The lowest BCUT2D eigenvalue weighted by atomic mass is 10.1.